The van der Waals surface area contributed by atoms with Crippen LogP contribution in [0, 0.1) is 0 Å². The molecule has 0 amide bonds. The highest BCUT2D eigenvalue weighted by Gasteiger charge is 1.96. The van der Waals surface area contributed by atoms with Crippen LogP contribution in [0.5, 0.6) is 0 Å². The molecule has 1 nitrogen and oxygen atoms in total. The topological polar surface area (TPSA) is 17.1 Å². The Morgan fingerprint density at radius 3 is 1.31 bits per heavy atom. The molecule has 26 heavy (non-hydrogen) atoms. The predicted octanol–water partition coefficient (Wildman–Crippen LogP) is 9.13. The van der Waals surface area contributed by atoms with Crippen LogP contribution in [0.3, 0.4) is 0 Å². The monoisotopic (exact) mass is 384 g/mol. The summed E-state index contributed by atoms with van der Waals surface area (Å²) >= 11 is 5.32. The minimum absolute atomic E-state index is 0.187. The van der Waals surface area contributed by atoms with E-state index in [4.69, 9.17) is 11.6 Å². The van der Waals surface area contributed by atoms with E-state index in [0.29, 0.717) is 6.42 Å². The lowest BCUT2D eigenvalue weighted by atomic mass is 10.0. The minimum Gasteiger partial charge on any atom is -0.281 e. The summed E-state index contributed by atoms with van der Waals surface area (Å²) in [7, 11) is 0. The number of carbonyl (C=O) groups excluding carboxylic acids is 1. The van der Waals surface area contributed by atoms with Gasteiger partial charge in [0.1, 0.15) is 0 Å². The van der Waals surface area contributed by atoms with Crippen molar-refractivity contribution < 1.29 is 4.79 Å². The van der Waals surface area contributed by atoms with E-state index in [1.54, 1.807) is 0 Å². The quantitative estimate of drug-likeness (QED) is 0.109. The van der Waals surface area contributed by atoms with E-state index in [9.17, 15) is 4.79 Å². The van der Waals surface area contributed by atoms with Crippen LogP contribution in [-0.2, 0) is 4.79 Å². The van der Waals surface area contributed by atoms with Crippen molar-refractivity contribution >= 4 is 16.8 Å². The van der Waals surface area contributed by atoms with Gasteiger partial charge in [0.25, 0.3) is 0 Å². The molecule has 0 aromatic rings. The Kier molecular flexibility index (Phi) is 22.5. The van der Waals surface area contributed by atoms with Crippen LogP contribution < -0.4 is 0 Å². The molecule has 0 N–H and O–H groups in total. The summed E-state index contributed by atoms with van der Waals surface area (Å²) in [6.45, 7) is 2.29. The van der Waals surface area contributed by atoms with E-state index in [1.165, 1.54) is 109 Å². The molecule has 0 rings (SSSR count). The van der Waals surface area contributed by atoms with Gasteiger partial charge in [0.15, 0.2) is 0 Å². The summed E-state index contributed by atoms with van der Waals surface area (Å²) in [4.78, 5) is 10.6. The van der Waals surface area contributed by atoms with Crippen LogP contribution in [0.2, 0.25) is 0 Å². The minimum atomic E-state index is -0.187. The van der Waals surface area contributed by atoms with Crippen LogP contribution in [0.15, 0.2) is 12.2 Å². The molecular formula is C24H45ClO. The fraction of sp³-hybridized carbons (Fsp3) is 0.875. The van der Waals surface area contributed by atoms with Crippen molar-refractivity contribution in [1.29, 1.82) is 0 Å². The summed E-state index contributed by atoms with van der Waals surface area (Å²) in [5, 5.41) is -0.187. The molecule has 154 valence electrons. The summed E-state index contributed by atoms with van der Waals surface area (Å²) < 4.78 is 0. The maximum atomic E-state index is 10.6. The molecule has 2 heteroatoms. The first-order valence-electron chi connectivity index (χ1n) is 11.6. The zero-order valence-electron chi connectivity index (χ0n) is 17.6. The van der Waals surface area contributed by atoms with Crippen molar-refractivity contribution in [3.63, 3.8) is 0 Å². The Morgan fingerprint density at radius 2 is 0.923 bits per heavy atom. The van der Waals surface area contributed by atoms with E-state index in [-0.39, 0.29) is 5.24 Å². The fourth-order valence-electron chi connectivity index (χ4n) is 3.40. The average Bonchev–Trinajstić information content (AvgIpc) is 2.62. The Bertz CT molecular complexity index is 311. The number of hydrogen-bond acceptors (Lipinski definition) is 1. The molecule has 0 saturated carbocycles. The summed E-state index contributed by atoms with van der Waals surface area (Å²) in [5.41, 5.74) is 0. The predicted molar refractivity (Wildman–Crippen MR) is 118 cm³/mol. The van der Waals surface area contributed by atoms with E-state index < -0.39 is 0 Å². The Balaban J connectivity index is 3.07. The number of allylic oxidation sites excluding steroid dienone is 2. The molecule has 0 spiro atoms. The molecule has 0 aliphatic carbocycles. The molecule has 0 fully saturated rings. The van der Waals surface area contributed by atoms with Crippen molar-refractivity contribution in [3.8, 4) is 0 Å². The van der Waals surface area contributed by atoms with Crippen molar-refractivity contribution in [2.75, 3.05) is 0 Å². The molecule has 0 heterocycles. The third-order valence-corrected chi connectivity index (χ3v) is 5.32. The summed E-state index contributed by atoms with van der Waals surface area (Å²) in [5.74, 6) is 0. The second-order valence-corrected chi connectivity index (χ2v) is 8.23. The van der Waals surface area contributed by atoms with E-state index in [2.05, 4.69) is 19.1 Å². The van der Waals surface area contributed by atoms with Gasteiger partial charge in [0, 0.05) is 6.42 Å². The summed E-state index contributed by atoms with van der Waals surface area (Å²) in [6, 6.07) is 0. The van der Waals surface area contributed by atoms with Gasteiger partial charge in [-0.15, -0.1) is 0 Å². The van der Waals surface area contributed by atoms with Crippen molar-refractivity contribution in [2.24, 2.45) is 0 Å². The molecule has 0 atom stereocenters. The Labute approximate surface area is 169 Å². The number of unbranched alkanes of at least 4 members (excludes halogenated alkanes) is 17. The third kappa shape index (κ3) is 23.7. The second kappa shape index (κ2) is 22.7. The molecule has 0 radical (unpaired) electrons. The van der Waals surface area contributed by atoms with Gasteiger partial charge in [-0.05, 0) is 43.7 Å². The van der Waals surface area contributed by atoms with Gasteiger partial charge in [-0.3, -0.25) is 4.79 Å². The Morgan fingerprint density at radius 1 is 0.577 bits per heavy atom. The van der Waals surface area contributed by atoms with Gasteiger partial charge in [-0.2, -0.15) is 0 Å². The SMILES string of the molecule is CCCCCCCCCCCCC/C=C/CCCCCCCCC(=O)Cl. The smallest absolute Gasteiger partial charge is 0.221 e. The molecule has 0 saturated heterocycles. The highest BCUT2D eigenvalue weighted by molar-refractivity contribution is 6.63. The lowest BCUT2D eigenvalue weighted by molar-refractivity contribution is -0.111. The number of halogens is 1. The first kappa shape index (κ1) is 25.7. The second-order valence-electron chi connectivity index (χ2n) is 7.81. The van der Waals surface area contributed by atoms with E-state index in [0.717, 1.165) is 12.8 Å². The highest BCUT2D eigenvalue weighted by atomic mass is 35.5. The maximum Gasteiger partial charge on any atom is 0.221 e. The molecule has 0 unspecified atom stereocenters. The molecule has 0 bridgehead atoms. The molecule has 0 aromatic carbocycles. The van der Waals surface area contributed by atoms with Gasteiger partial charge in [0.05, 0.1) is 0 Å². The van der Waals surface area contributed by atoms with Gasteiger partial charge in [-0.25, -0.2) is 0 Å². The molecule has 0 aromatic heterocycles. The summed E-state index contributed by atoms with van der Waals surface area (Å²) in [6.07, 6.45) is 30.8. The zero-order chi connectivity index (χ0) is 19.1. The van der Waals surface area contributed by atoms with Crippen molar-refractivity contribution in [3.05, 3.63) is 12.2 Å². The van der Waals surface area contributed by atoms with Crippen molar-refractivity contribution in [1.82, 2.24) is 0 Å². The number of rotatable bonds is 21. The first-order valence-corrected chi connectivity index (χ1v) is 12.0. The number of carbonyl (C=O) groups is 1. The van der Waals surface area contributed by atoms with E-state index >= 15 is 0 Å². The van der Waals surface area contributed by atoms with Crippen LogP contribution in [0.25, 0.3) is 0 Å². The molecular weight excluding hydrogens is 340 g/mol. The van der Waals surface area contributed by atoms with Gasteiger partial charge < -0.3 is 0 Å². The first-order chi connectivity index (χ1) is 12.8. The lowest BCUT2D eigenvalue weighted by Crippen LogP contribution is -1.86. The largest absolute Gasteiger partial charge is 0.281 e. The standard InChI is InChI=1S/C24H45ClO/c1-2-3-4-5-6-7-8-9-10-11-12-13-14-15-16-17-18-19-20-21-22-23-24(25)26/h14-15H,2-13,16-23H2,1H3/b15-14+. The van der Waals surface area contributed by atoms with Gasteiger partial charge >= 0.3 is 0 Å². The van der Waals surface area contributed by atoms with Crippen LogP contribution >= 0.6 is 11.6 Å². The fourth-order valence-corrected chi connectivity index (χ4v) is 3.53. The lowest BCUT2D eigenvalue weighted by Gasteiger charge is -2.01. The van der Waals surface area contributed by atoms with E-state index in [1.807, 2.05) is 0 Å². The normalized spacial score (nSPS) is 11.5. The highest BCUT2D eigenvalue weighted by Crippen LogP contribution is 2.13. The van der Waals surface area contributed by atoms with Crippen LogP contribution in [0.4, 0.5) is 0 Å². The van der Waals surface area contributed by atoms with Crippen LogP contribution in [0.1, 0.15) is 135 Å². The van der Waals surface area contributed by atoms with Gasteiger partial charge in [0.2, 0.25) is 5.24 Å². The van der Waals surface area contributed by atoms with Crippen LogP contribution in [-0.4, -0.2) is 5.24 Å². The zero-order valence-corrected chi connectivity index (χ0v) is 18.3. The average molecular weight is 385 g/mol. The maximum absolute atomic E-state index is 10.6. The van der Waals surface area contributed by atoms with Gasteiger partial charge in [-0.1, -0.05) is 109 Å². The number of hydrogen-bond donors (Lipinski definition) is 0. The van der Waals surface area contributed by atoms with Crippen molar-refractivity contribution in [2.45, 2.75) is 135 Å². The third-order valence-electron chi connectivity index (χ3n) is 5.14. The molecule has 0 aliphatic heterocycles. The molecule has 0 aliphatic rings. The Hall–Kier alpha value is -0.300.